The van der Waals surface area contributed by atoms with Crippen molar-refractivity contribution in [3.05, 3.63) is 21.6 Å². The van der Waals surface area contributed by atoms with E-state index in [1.165, 1.54) is 22.2 Å². The molecular weight excluding hydrogens is 258 g/mol. The molecule has 1 aromatic heterocycles. The van der Waals surface area contributed by atoms with E-state index in [-0.39, 0.29) is 5.56 Å². The van der Waals surface area contributed by atoms with Crippen molar-refractivity contribution in [2.45, 2.75) is 51.1 Å². The van der Waals surface area contributed by atoms with E-state index < -0.39 is 6.09 Å². The fraction of sp³-hybridized carbons (Fsp3) is 0.714. The van der Waals surface area contributed by atoms with Crippen LogP contribution in [0.2, 0.25) is 0 Å². The van der Waals surface area contributed by atoms with Crippen molar-refractivity contribution in [3.63, 3.8) is 0 Å². The highest BCUT2D eigenvalue weighted by molar-refractivity contribution is 5.71. The molecular formula is C14H21N3O3. The molecule has 20 heavy (non-hydrogen) atoms. The van der Waals surface area contributed by atoms with Gasteiger partial charge in [0.1, 0.15) is 0 Å². The lowest BCUT2D eigenvalue weighted by atomic mass is 9.93. The lowest BCUT2D eigenvalue weighted by Gasteiger charge is -2.23. The highest BCUT2D eigenvalue weighted by Gasteiger charge is 2.32. The number of nitrogens with one attached hydrogen (secondary N) is 1. The van der Waals surface area contributed by atoms with Crippen LogP contribution in [0.25, 0.3) is 0 Å². The van der Waals surface area contributed by atoms with E-state index in [0.717, 1.165) is 24.1 Å². The first-order chi connectivity index (χ1) is 9.61. The molecule has 0 saturated heterocycles. The zero-order valence-electron chi connectivity index (χ0n) is 12.0. The minimum atomic E-state index is -0.457. The summed E-state index contributed by atoms with van der Waals surface area (Å²) in [5.74, 6) is 0. The summed E-state index contributed by atoms with van der Waals surface area (Å²) in [7, 11) is 1.63. The lowest BCUT2D eigenvalue weighted by molar-refractivity contribution is 0.145. The Bertz CT molecular complexity index is 583. The molecule has 0 bridgehead atoms. The molecule has 2 aliphatic carbocycles. The maximum atomic E-state index is 12.3. The summed E-state index contributed by atoms with van der Waals surface area (Å²) in [6.45, 7) is 2.08. The molecule has 2 aliphatic rings. The monoisotopic (exact) mass is 279 g/mol. The highest BCUT2D eigenvalue weighted by atomic mass is 16.6. The van der Waals surface area contributed by atoms with E-state index in [2.05, 4.69) is 5.32 Å². The minimum Gasteiger partial charge on any atom is -0.448 e. The Morgan fingerprint density at radius 3 is 2.75 bits per heavy atom. The van der Waals surface area contributed by atoms with Crippen LogP contribution in [0.4, 0.5) is 4.79 Å². The van der Waals surface area contributed by atoms with Crippen molar-refractivity contribution < 1.29 is 9.53 Å². The Kier molecular flexibility index (Phi) is 3.41. The van der Waals surface area contributed by atoms with E-state index >= 15 is 0 Å². The Hall–Kier alpha value is -1.56. The molecule has 3 rings (SSSR count). The van der Waals surface area contributed by atoms with Gasteiger partial charge in [-0.15, -0.1) is 0 Å². The summed E-state index contributed by atoms with van der Waals surface area (Å²) in [6, 6.07) is 0.998. The number of fused-ring (bicyclic) bond motifs is 1. The largest absolute Gasteiger partial charge is 0.448 e. The van der Waals surface area contributed by atoms with E-state index in [9.17, 15) is 9.59 Å². The van der Waals surface area contributed by atoms with E-state index in [0.29, 0.717) is 25.1 Å². The van der Waals surface area contributed by atoms with Crippen LogP contribution in [0.15, 0.2) is 4.79 Å². The SMILES string of the molecule is CCOC(=O)n1c2c(c(=O)n1C)CC(NC1CC1)CC2. The number of nitrogens with zero attached hydrogens (tertiary/aromatic N) is 2. The zero-order valence-corrected chi connectivity index (χ0v) is 12.0. The molecule has 0 spiro atoms. The van der Waals surface area contributed by atoms with Gasteiger partial charge < -0.3 is 10.1 Å². The quantitative estimate of drug-likeness (QED) is 0.889. The number of aromatic nitrogens is 2. The zero-order chi connectivity index (χ0) is 14.3. The topological polar surface area (TPSA) is 65.3 Å². The van der Waals surface area contributed by atoms with Crippen LogP contribution in [-0.4, -0.2) is 34.1 Å². The van der Waals surface area contributed by atoms with Gasteiger partial charge in [0.2, 0.25) is 0 Å². The molecule has 6 nitrogen and oxygen atoms in total. The van der Waals surface area contributed by atoms with Crippen LogP contribution in [0.3, 0.4) is 0 Å². The second-order valence-corrected chi connectivity index (χ2v) is 5.65. The molecule has 1 heterocycles. The van der Waals surface area contributed by atoms with Crippen molar-refractivity contribution >= 4 is 6.09 Å². The number of hydrogen-bond acceptors (Lipinski definition) is 4. The molecule has 1 fully saturated rings. The van der Waals surface area contributed by atoms with Crippen LogP contribution < -0.4 is 10.9 Å². The molecule has 1 saturated carbocycles. The normalized spacial score (nSPS) is 21.6. The number of ether oxygens (including phenoxy) is 1. The lowest BCUT2D eigenvalue weighted by Crippen LogP contribution is -2.37. The van der Waals surface area contributed by atoms with Gasteiger partial charge in [0.25, 0.3) is 5.56 Å². The van der Waals surface area contributed by atoms with Crippen molar-refractivity contribution in [2.24, 2.45) is 7.05 Å². The van der Waals surface area contributed by atoms with Crippen molar-refractivity contribution in [1.29, 1.82) is 0 Å². The van der Waals surface area contributed by atoms with Crippen LogP contribution in [0.1, 0.15) is 37.4 Å². The predicted octanol–water partition coefficient (Wildman–Crippen LogP) is 0.801. The molecule has 110 valence electrons. The van der Waals surface area contributed by atoms with Gasteiger partial charge in [-0.2, -0.15) is 4.68 Å². The van der Waals surface area contributed by atoms with Gasteiger partial charge in [-0.25, -0.2) is 9.48 Å². The first kappa shape index (κ1) is 13.4. The van der Waals surface area contributed by atoms with Crippen LogP contribution in [-0.2, 0) is 24.6 Å². The molecule has 0 radical (unpaired) electrons. The summed E-state index contributed by atoms with van der Waals surface area (Å²) in [5, 5.41) is 3.57. The summed E-state index contributed by atoms with van der Waals surface area (Å²) in [6.07, 6.45) is 4.45. The fourth-order valence-electron chi connectivity index (χ4n) is 2.98. The number of hydrogen-bond donors (Lipinski definition) is 1. The van der Waals surface area contributed by atoms with Gasteiger partial charge in [0, 0.05) is 24.7 Å². The maximum Gasteiger partial charge on any atom is 0.433 e. The van der Waals surface area contributed by atoms with Gasteiger partial charge in [0.05, 0.1) is 12.3 Å². The molecule has 1 aromatic rings. The van der Waals surface area contributed by atoms with Crippen molar-refractivity contribution in [1.82, 2.24) is 14.7 Å². The Labute approximate surface area is 117 Å². The standard InChI is InChI=1S/C14H21N3O3/c1-3-20-14(19)17-12-7-6-10(15-9-4-5-9)8-11(12)13(18)16(17)2/h9-10,15H,3-8H2,1-2H3. The minimum absolute atomic E-state index is 0.0737. The van der Waals surface area contributed by atoms with Crippen LogP contribution in [0, 0.1) is 0 Å². The second-order valence-electron chi connectivity index (χ2n) is 5.65. The summed E-state index contributed by atoms with van der Waals surface area (Å²) in [4.78, 5) is 24.3. The molecule has 0 amide bonds. The maximum absolute atomic E-state index is 12.3. The van der Waals surface area contributed by atoms with Crippen LogP contribution in [0.5, 0.6) is 0 Å². The smallest absolute Gasteiger partial charge is 0.433 e. The molecule has 1 atom stereocenters. The third-order valence-electron chi connectivity index (χ3n) is 4.13. The Balaban J connectivity index is 1.88. The third-order valence-corrected chi connectivity index (χ3v) is 4.13. The van der Waals surface area contributed by atoms with E-state index in [4.69, 9.17) is 4.74 Å². The first-order valence-corrected chi connectivity index (χ1v) is 7.34. The third kappa shape index (κ3) is 2.28. The van der Waals surface area contributed by atoms with Crippen molar-refractivity contribution in [2.75, 3.05) is 6.61 Å². The average molecular weight is 279 g/mol. The van der Waals surface area contributed by atoms with E-state index in [1.807, 2.05) is 0 Å². The fourth-order valence-corrected chi connectivity index (χ4v) is 2.98. The molecule has 1 N–H and O–H groups in total. The summed E-state index contributed by atoms with van der Waals surface area (Å²) >= 11 is 0. The van der Waals surface area contributed by atoms with Gasteiger partial charge in [-0.1, -0.05) is 0 Å². The number of rotatable bonds is 3. The molecule has 1 unspecified atom stereocenters. The van der Waals surface area contributed by atoms with Gasteiger partial charge in [0.15, 0.2) is 0 Å². The van der Waals surface area contributed by atoms with Gasteiger partial charge in [-0.3, -0.25) is 4.79 Å². The predicted molar refractivity (Wildman–Crippen MR) is 74.1 cm³/mol. The number of carbonyl (C=O) groups excluding carboxylic acids is 1. The van der Waals surface area contributed by atoms with E-state index in [1.54, 1.807) is 14.0 Å². The first-order valence-electron chi connectivity index (χ1n) is 7.34. The Morgan fingerprint density at radius 2 is 2.10 bits per heavy atom. The second kappa shape index (κ2) is 5.09. The Morgan fingerprint density at radius 1 is 1.35 bits per heavy atom. The average Bonchev–Trinajstić information content (AvgIpc) is 3.19. The summed E-state index contributed by atoms with van der Waals surface area (Å²) in [5.41, 5.74) is 1.52. The molecule has 0 aromatic carbocycles. The van der Waals surface area contributed by atoms with Gasteiger partial charge >= 0.3 is 6.09 Å². The number of carbonyl (C=O) groups is 1. The van der Waals surface area contributed by atoms with Crippen LogP contribution >= 0.6 is 0 Å². The molecule has 0 aliphatic heterocycles. The molecule has 6 heteroatoms. The van der Waals surface area contributed by atoms with Gasteiger partial charge in [-0.05, 0) is 39.0 Å². The summed E-state index contributed by atoms with van der Waals surface area (Å²) < 4.78 is 7.81. The van der Waals surface area contributed by atoms with Crippen molar-refractivity contribution in [3.8, 4) is 0 Å². The highest BCUT2D eigenvalue weighted by Crippen LogP contribution is 2.25.